The summed E-state index contributed by atoms with van der Waals surface area (Å²) in [5, 5.41) is 14.2. The summed E-state index contributed by atoms with van der Waals surface area (Å²) in [7, 11) is 0. The molecule has 0 saturated carbocycles. The zero-order valence-electron chi connectivity index (χ0n) is 19.2. The number of fused-ring (bicyclic) bond motifs is 1. The van der Waals surface area contributed by atoms with Gasteiger partial charge in [-0.15, -0.1) is 0 Å². The van der Waals surface area contributed by atoms with Crippen LogP contribution in [0.25, 0.3) is 10.9 Å². The zero-order chi connectivity index (χ0) is 25.0. The number of carbonyl (C=O) groups is 1. The number of aliphatic carboxylic acids is 1. The molecule has 34 heavy (non-hydrogen) atoms. The molecule has 1 heterocycles. The van der Waals surface area contributed by atoms with Crippen LogP contribution in [-0.4, -0.2) is 39.7 Å². The summed E-state index contributed by atoms with van der Waals surface area (Å²) in [5.41, 5.74) is 1.03. The fraction of sp³-hybridized carbons (Fsp3) is 0.333. The van der Waals surface area contributed by atoms with Gasteiger partial charge in [0.25, 0.3) is 5.56 Å². The summed E-state index contributed by atoms with van der Waals surface area (Å²) < 4.78 is 14.1. The molecule has 0 bridgehead atoms. The number of ether oxygens (including phenoxy) is 2. The molecule has 0 fully saturated rings. The minimum absolute atomic E-state index is 0.0188. The smallest absolute Gasteiger partial charge is 0.344 e. The van der Waals surface area contributed by atoms with Crippen LogP contribution in [0.15, 0.2) is 44.7 Å². The van der Waals surface area contributed by atoms with Gasteiger partial charge >= 0.3 is 5.97 Å². The number of halogens is 2. The maximum atomic E-state index is 13.3. The van der Waals surface area contributed by atoms with Crippen LogP contribution in [-0.2, 0) is 4.79 Å². The van der Waals surface area contributed by atoms with Crippen LogP contribution in [0.2, 0.25) is 0 Å². The molecule has 0 aliphatic heterocycles. The maximum Gasteiger partial charge on any atom is 0.344 e. The van der Waals surface area contributed by atoms with E-state index in [1.54, 1.807) is 24.4 Å². The first kappa shape index (κ1) is 26.1. The van der Waals surface area contributed by atoms with Gasteiger partial charge in [-0.05, 0) is 78.8 Å². The van der Waals surface area contributed by atoms with Crippen molar-refractivity contribution in [2.75, 3.05) is 6.61 Å². The highest BCUT2D eigenvalue weighted by atomic mass is 127. The van der Waals surface area contributed by atoms with E-state index in [1.807, 2.05) is 32.9 Å². The minimum atomic E-state index is -1.07. The molecule has 1 aromatic heterocycles. The largest absolute Gasteiger partial charge is 0.490 e. The molecule has 10 heteroatoms. The molecular formula is C24H25BrIN3O5. The van der Waals surface area contributed by atoms with Gasteiger partial charge in [-0.2, -0.15) is 9.78 Å². The van der Waals surface area contributed by atoms with Crippen molar-refractivity contribution in [3.8, 4) is 11.5 Å². The summed E-state index contributed by atoms with van der Waals surface area (Å²) in [6.07, 6.45) is 1.32. The van der Waals surface area contributed by atoms with E-state index >= 15 is 0 Å². The average molecular weight is 642 g/mol. The number of rotatable bonds is 9. The number of carboxylic acids is 1. The SMILES string of the molecule is CCOc1cc(C=Nn2c([C@H](C)CC)nc3ccc(Br)cc3c2=O)cc(I)c1O[C@@H](C)C(=O)O. The Kier molecular flexibility index (Phi) is 8.69. The van der Waals surface area contributed by atoms with E-state index in [1.165, 1.54) is 11.6 Å². The molecule has 180 valence electrons. The minimum Gasteiger partial charge on any atom is -0.490 e. The van der Waals surface area contributed by atoms with Crippen molar-refractivity contribution in [2.24, 2.45) is 5.10 Å². The average Bonchev–Trinajstić information content (AvgIpc) is 2.80. The van der Waals surface area contributed by atoms with Crippen molar-refractivity contribution in [1.82, 2.24) is 9.66 Å². The van der Waals surface area contributed by atoms with E-state index < -0.39 is 12.1 Å². The van der Waals surface area contributed by atoms with Gasteiger partial charge in [0.2, 0.25) is 0 Å². The fourth-order valence-electron chi connectivity index (χ4n) is 3.17. The zero-order valence-corrected chi connectivity index (χ0v) is 23.0. The van der Waals surface area contributed by atoms with Crippen LogP contribution >= 0.6 is 38.5 Å². The third-order valence-corrected chi connectivity index (χ3v) is 6.48. The van der Waals surface area contributed by atoms with E-state index in [2.05, 4.69) is 43.6 Å². The first-order chi connectivity index (χ1) is 16.2. The van der Waals surface area contributed by atoms with Crippen LogP contribution in [0.4, 0.5) is 0 Å². The summed E-state index contributed by atoms with van der Waals surface area (Å²) in [5.74, 6) is 0.276. The normalized spacial score (nSPS) is 13.2. The van der Waals surface area contributed by atoms with Gasteiger partial charge in [0, 0.05) is 10.4 Å². The summed E-state index contributed by atoms with van der Waals surface area (Å²) in [6.45, 7) is 7.69. The van der Waals surface area contributed by atoms with Gasteiger partial charge in [-0.3, -0.25) is 4.79 Å². The standard InChI is InChI=1S/C24H25BrIN3O5/c1-5-13(3)22-28-19-8-7-16(25)11-17(19)23(30)29(22)27-12-15-9-18(26)21(20(10-15)33-6-2)34-14(4)24(31)32/h7-14H,5-6H2,1-4H3,(H,31,32)/t13-,14+/m1/s1. The Morgan fingerprint density at radius 2 is 2.03 bits per heavy atom. The number of hydrogen-bond donors (Lipinski definition) is 1. The number of aromatic nitrogens is 2. The first-order valence-electron chi connectivity index (χ1n) is 10.8. The van der Waals surface area contributed by atoms with Crippen molar-refractivity contribution >= 4 is 61.6 Å². The van der Waals surface area contributed by atoms with E-state index in [4.69, 9.17) is 14.5 Å². The topological polar surface area (TPSA) is 103 Å². The molecule has 3 aromatic rings. The Morgan fingerprint density at radius 1 is 1.29 bits per heavy atom. The summed E-state index contributed by atoms with van der Waals surface area (Å²) in [6, 6.07) is 8.90. The van der Waals surface area contributed by atoms with Crippen molar-refractivity contribution in [2.45, 2.75) is 46.1 Å². The molecular weight excluding hydrogens is 617 g/mol. The molecule has 3 rings (SSSR count). The van der Waals surface area contributed by atoms with Crippen LogP contribution in [0.5, 0.6) is 11.5 Å². The molecule has 8 nitrogen and oxygen atoms in total. The van der Waals surface area contributed by atoms with E-state index in [-0.39, 0.29) is 11.5 Å². The lowest BCUT2D eigenvalue weighted by Gasteiger charge is -2.17. The Morgan fingerprint density at radius 3 is 2.68 bits per heavy atom. The van der Waals surface area contributed by atoms with Gasteiger partial charge in [-0.1, -0.05) is 29.8 Å². The molecule has 0 spiro atoms. The predicted octanol–water partition coefficient (Wildman–Crippen LogP) is 5.41. The second-order valence-corrected chi connectivity index (χ2v) is 9.74. The molecule has 2 aromatic carbocycles. The molecule has 0 saturated heterocycles. The third kappa shape index (κ3) is 5.77. The molecule has 0 aliphatic carbocycles. The first-order valence-corrected chi connectivity index (χ1v) is 12.7. The predicted molar refractivity (Wildman–Crippen MR) is 143 cm³/mol. The van der Waals surface area contributed by atoms with Crippen LogP contribution in [0.3, 0.4) is 0 Å². The quantitative estimate of drug-likeness (QED) is 0.248. The maximum absolute atomic E-state index is 13.3. The van der Waals surface area contributed by atoms with Gasteiger partial charge in [-0.25, -0.2) is 9.78 Å². The van der Waals surface area contributed by atoms with Crippen LogP contribution < -0.4 is 15.0 Å². The number of nitrogens with zero attached hydrogens (tertiary/aromatic N) is 3. The Hall–Kier alpha value is -2.47. The monoisotopic (exact) mass is 641 g/mol. The van der Waals surface area contributed by atoms with Gasteiger partial charge in [0.1, 0.15) is 5.82 Å². The molecule has 0 unspecified atom stereocenters. The molecule has 0 radical (unpaired) electrons. The lowest BCUT2D eigenvalue weighted by Crippen LogP contribution is -2.24. The lowest BCUT2D eigenvalue weighted by atomic mass is 10.1. The molecule has 0 aliphatic rings. The molecule has 0 amide bonds. The van der Waals surface area contributed by atoms with Crippen molar-refractivity contribution in [3.63, 3.8) is 0 Å². The highest BCUT2D eigenvalue weighted by molar-refractivity contribution is 14.1. The van der Waals surface area contributed by atoms with Gasteiger partial charge in [0.05, 0.1) is 27.3 Å². The van der Waals surface area contributed by atoms with Crippen molar-refractivity contribution < 1.29 is 19.4 Å². The van der Waals surface area contributed by atoms with Gasteiger partial charge < -0.3 is 14.6 Å². The summed E-state index contributed by atoms with van der Waals surface area (Å²) in [4.78, 5) is 29.3. The molecule has 1 N–H and O–H groups in total. The second kappa shape index (κ2) is 11.3. The number of benzene rings is 2. The van der Waals surface area contributed by atoms with E-state index in [0.29, 0.717) is 44.0 Å². The van der Waals surface area contributed by atoms with Gasteiger partial charge in [0.15, 0.2) is 17.6 Å². The van der Waals surface area contributed by atoms with Crippen molar-refractivity contribution in [3.05, 3.63) is 60.1 Å². The second-order valence-electron chi connectivity index (χ2n) is 7.66. The fourth-order valence-corrected chi connectivity index (χ4v) is 4.28. The number of carboxylic acid groups (broad SMARTS) is 1. The lowest BCUT2D eigenvalue weighted by molar-refractivity contribution is -0.144. The Balaban J connectivity index is 2.11. The highest BCUT2D eigenvalue weighted by Gasteiger charge is 2.19. The Labute approximate surface area is 219 Å². The Bertz CT molecular complexity index is 1310. The molecule has 2 atom stereocenters. The van der Waals surface area contributed by atoms with Crippen molar-refractivity contribution in [1.29, 1.82) is 0 Å². The summed E-state index contributed by atoms with van der Waals surface area (Å²) >= 11 is 5.48. The van der Waals surface area contributed by atoms with E-state index in [0.717, 1.165) is 10.9 Å². The highest BCUT2D eigenvalue weighted by Crippen LogP contribution is 2.34. The van der Waals surface area contributed by atoms with Crippen LogP contribution in [0.1, 0.15) is 51.4 Å². The third-order valence-electron chi connectivity index (χ3n) is 5.18. The number of hydrogen-bond acceptors (Lipinski definition) is 6. The van der Waals surface area contributed by atoms with E-state index in [9.17, 15) is 14.7 Å². The van der Waals surface area contributed by atoms with Crippen LogP contribution in [0, 0.1) is 3.57 Å².